The van der Waals surface area contributed by atoms with E-state index in [0.717, 1.165) is 11.6 Å². The molecule has 19 heavy (non-hydrogen) atoms. The molecule has 0 spiro atoms. The Morgan fingerprint density at radius 2 is 1.95 bits per heavy atom. The summed E-state index contributed by atoms with van der Waals surface area (Å²) in [6.07, 6.45) is 0. The van der Waals surface area contributed by atoms with Crippen LogP contribution in [0.25, 0.3) is 22.4 Å². The molecule has 96 valence electrons. The summed E-state index contributed by atoms with van der Waals surface area (Å²) < 4.78 is 28.6. The lowest BCUT2D eigenvalue weighted by Crippen LogP contribution is -1.94. The van der Waals surface area contributed by atoms with Gasteiger partial charge in [-0.1, -0.05) is 12.1 Å². The number of hydrogen-bond donors (Lipinski definition) is 1. The molecule has 3 aromatic rings. The third-order valence-electron chi connectivity index (χ3n) is 3.05. The summed E-state index contributed by atoms with van der Waals surface area (Å²) in [6.45, 7) is 0. The van der Waals surface area contributed by atoms with Crippen LogP contribution in [0.1, 0.15) is 0 Å². The number of hydrogen-bond acceptors (Lipinski definition) is 2. The maximum Gasteiger partial charge on any atom is 0.153 e. The highest BCUT2D eigenvalue weighted by Crippen LogP contribution is 2.26. The molecule has 1 aromatic heterocycles. The fraction of sp³-hybridized carbons (Fsp3) is 0.0714. The van der Waals surface area contributed by atoms with Crippen molar-refractivity contribution in [2.45, 2.75) is 0 Å². The minimum Gasteiger partial charge on any atom is -0.399 e. The van der Waals surface area contributed by atoms with E-state index in [-0.39, 0.29) is 5.52 Å². The van der Waals surface area contributed by atoms with Crippen molar-refractivity contribution < 1.29 is 8.78 Å². The van der Waals surface area contributed by atoms with Gasteiger partial charge in [0.05, 0.1) is 5.52 Å². The van der Waals surface area contributed by atoms with Gasteiger partial charge in [0.25, 0.3) is 0 Å². The van der Waals surface area contributed by atoms with Crippen LogP contribution in [0, 0.1) is 11.6 Å². The molecule has 0 aliphatic heterocycles. The molecule has 0 bridgehead atoms. The van der Waals surface area contributed by atoms with Crippen LogP contribution in [0.4, 0.5) is 14.5 Å². The molecule has 0 amide bonds. The average molecular weight is 259 g/mol. The van der Waals surface area contributed by atoms with Gasteiger partial charge in [-0.05, 0) is 18.2 Å². The fourth-order valence-corrected chi connectivity index (χ4v) is 2.15. The van der Waals surface area contributed by atoms with Crippen LogP contribution < -0.4 is 5.73 Å². The lowest BCUT2D eigenvalue weighted by molar-refractivity contribution is 0.590. The second kappa shape index (κ2) is 4.05. The van der Waals surface area contributed by atoms with Crippen LogP contribution in [-0.4, -0.2) is 9.55 Å². The van der Waals surface area contributed by atoms with Crippen LogP contribution in [0.3, 0.4) is 0 Å². The zero-order valence-electron chi connectivity index (χ0n) is 10.2. The number of benzene rings is 2. The highest BCUT2D eigenvalue weighted by molar-refractivity contribution is 5.81. The Balaban J connectivity index is 2.31. The summed E-state index contributed by atoms with van der Waals surface area (Å²) in [7, 11) is 1.72. The zero-order chi connectivity index (χ0) is 13.6. The average Bonchev–Trinajstić information content (AvgIpc) is 2.68. The van der Waals surface area contributed by atoms with Gasteiger partial charge in [0.2, 0.25) is 0 Å². The first-order valence-corrected chi connectivity index (χ1v) is 5.73. The summed E-state index contributed by atoms with van der Waals surface area (Å²) in [4.78, 5) is 4.23. The van der Waals surface area contributed by atoms with Gasteiger partial charge in [0.1, 0.15) is 17.2 Å². The Morgan fingerprint density at radius 3 is 2.68 bits per heavy atom. The predicted molar refractivity (Wildman–Crippen MR) is 70.5 cm³/mol. The Bertz CT molecular complexity index is 778. The van der Waals surface area contributed by atoms with Crippen molar-refractivity contribution in [3.63, 3.8) is 0 Å². The van der Waals surface area contributed by atoms with Crippen molar-refractivity contribution in [3.05, 3.63) is 48.0 Å². The van der Waals surface area contributed by atoms with Gasteiger partial charge in [-0.25, -0.2) is 13.8 Å². The maximum absolute atomic E-state index is 13.7. The molecule has 0 radical (unpaired) electrons. The number of imidazole rings is 1. The molecule has 2 aromatic carbocycles. The lowest BCUT2D eigenvalue weighted by atomic mass is 10.2. The van der Waals surface area contributed by atoms with Crippen LogP contribution in [0.5, 0.6) is 0 Å². The first-order valence-electron chi connectivity index (χ1n) is 5.73. The topological polar surface area (TPSA) is 43.8 Å². The first kappa shape index (κ1) is 11.6. The van der Waals surface area contributed by atoms with E-state index >= 15 is 0 Å². The third-order valence-corrected chi connectivity index (χ3v) is 3.05. The third kappa shape index (κ3) is 1.83. The van der Waals surface area contributed by atoms with Gasteiger partial charge in [-0.2, -0.15) is 0 Å². The molecule has 0 aliphatic carbocycles. The number of nitrogens with two attached hydrogens (primary N) is 1. The molecular formula is C14H11F2N3. The second-order valence-electron chi connectivity index (χ2n) is 4.38. The Morgan fingerprint density at radius 1 is 1.16 bits per heavy atom. The van der Waals surface area contributed by atoms with E-state index in [1.54, 1.807) is 29.8 Å². The summed E-state index contributed by atoms with van der Waals surface area (Å²) in [5, 5.41) is 0. The minimum atomic E-state index is -0.666. The monoisotopic (exact) mass is 259 g/mol. The lowest BCUT2D eigenvalue weighted by Gasteiger charge is -2.03. The first-order chi connectivity index (χ1) is 9.06. The maximum atomic E-state index is 13.7. The smallest absolute Gasteiger partial charge is 0.153 e. The normalized spacial score (nSPS) is 11.1. The van der Waals surface area contributed by atoms with Crippen LogP contribution in [0.2, 0.25) is 0 Å². The molecule has 0 aliphatic rings. The van der Waals surface area contributed by atoms with Crippen LogP contribution in [-0.2, 0) is 7.05 Å². The zero-order valence-corrected chi connectivity index (χ0v) is 10.2. The van der Waals surface area contributed by atoms with E-state index in [1.165, 1.54) is 6.07 Å². The van der Waals surface area contributed by atoms with Crippen molar-refractivity contribution in [3.8, 4) is 11.4 Å². The molecule has 0 saturated carbocycles. The number of aromatic nitrogens is 2. The van der Waals surface area contributed by atoms with Gasteiger partial charge in [0.15, 0.2) is 5.82 Å². The largest absolute Gasteiger partial charge is 0.399 e. The van der Waals surface area contributed by atoms with E-state index in [4.69, 9.17) is 5.73 Å². The van der Waals surface area contributed by atoms with Crippen molar-refractivity contribution in [2.24, 2.45) is 7.05 Å². The summed E-state index contributed by atoms with van der Waals surface area (Å²) in [5.41, 5.74) is 7.65. The van der Waals surface area contributed by atoms with Crippen LogP contribution in [0.15, 0.2) is 36.4 Å². The number of rotatable bonds is 1. The molecule has 3 rings (SSSR count). The van der Waals surface area contributed by atoms with Gasteiger partial charge in [0, 0.05) is 24.4 Å². The van der Waals surface area contributed by atoms with E-state index < -0.39 is 11.6 Å². The van der Waals surface area contributed by atoms with Gasteiger partial charge in [-0.15, -0.1) is 0 Å². The van der Waals surface area contributed by atoms with Crippen LogP contribution >= 0.6 is 0 Å². The number of anilines is 1. The molecule has 1 heterocycles. The molecule has 3 nitrogen and oxygen atoms in total. The highest BCUT2D eigenvalue weighted by Gasteiger charge is 2.14. The molecular weight excluding hydrogens is 248 g/mol. The Kier molecular flexibility index (Phi) is 2.48. The molecule has 2 N–H and O–H groups in total. The second-order valence-corrected chi connectivity index (χ2v) is 4.38. The number of aryl methyl sites for hydroxylation is 1. The molecule has 0 fully saturated rings. The highest BCUT2D eigenvalue weighted by atomic mass is 19.1. The van der Waals surface area contributed by atoms with Crippen molar-refractivity contribution in [1.82, 2.24) is 9.55 Å². The Labute approximate surface area is 108 Å². The molecule has 0 unspecified atom stereocenters. The summed E-state index contributed by atoms with van der Waals surface area (Å²) in [6, 6.07) is 9.22. The standard InChI is InChI=1S/C14H11F2N3/c1-19-12-7-9(15)6-11(16)13(12)18-14(19)8-3-2-4-10(17)5-8/h2-7H,17H2,1H3. The SMILES string of the molecule is Cn1c(-c2cccc(N)c2)nc2c(F)cc(F)cc21. The minimum absolute atomic E-state index is 0.154. The van der Waals surface area contributed by atoms with Crippen molar-refractivity contribution in [1.29, 1.82) is 0 Å². The molecule has 0 saturated heterocycles. The number of nitrogens with zero attached hydrogens (tertiary/aromatic N) is 2. The number of fused-ring (bicyclic) bond motifs is 1. The van der Waals surface area contributed by atoms with E-state index in [2.05, 4.69) is 4.98 Å². The Hall–Kier alpha value is -2.43. The fourth-order valence-electron chi connectivity index (χ4n) is 2.15. The quantitative estimate of drug-likeness (QED) is 0.682. The van der Waals surface area contributed by atoms with Gasteiger partial charge >= 0.3 is 0 Å². The van der Waals surface area contributed by atoms with Crippen molar-refractivity contribution in [2.75, 3.05) is 5.73 Å². The van der Waals surface area contributed by atoms with E-state index in [1.807, 2.05) is 6.07 Å². The van der Waals surface area contributed by atoms with E-state index in [0.29, 0.717) is 17.0 Å². The number of nitrogen functional groups attached to an aromatic ring is 1. The van der Waals surface area contributed by atoms with Crippen molar-refractivity contribution >= 4 is 16.7 Å². The molecule has 0 atom stereocenters. The number of halogens is 2. The van der Waals surface area contributed by atoms with Gasteiger partial charge < -0.3 is 10.3 Å². The molecule has 5 heteroatoms. The summed E-state index contributed by atoms with van der Waals surface area (Å²) >= 11 is 0. The van der Waals surface area contributed by atoms with Gasteiger partial charge in [-0.3, -0.25) is 0 Å². The predicted octanol–water partition coefficient (Wildman–Crippen LogP) is 3.10. The van der Waals surface area contributed by atoms with E-state index in [9.17, 15) is 8.78 Å². The summed E-state index contributed by atoms with van der Waals surface area (Å²) in [5.74, 6) is -0.736.